The number of anilines is 1. The van der Waals surface area contributed by atoms with Gasteiger partial charge in [0.25, 0.3) is 0 Å². The standard InChI is InChI=1S/C14H24N2O2/c1-16(11-4-9-15-10-12-17-2)13-5-7-14(18-3)8-6-13/h5-8,15H,4,9-12H2,1-3H3. The maximum atomic E-state index is 5.14. The van der Waals surface area contributed by atoms with E-state index in [2.05, 4.69) is 29.4 Å². The Balaban J connectivity index is 2.21. The van der Waals surface area contributed by atoms with Crippen molar-refractivity contribution in [2.24, 2.45) is 0 Å². The Kier molecular flexibility index (Phi) is 7.22. The van der Waals surface area contributed by atoms with Crippen molar-refractivity contribution in [1.82, 2.24) is 5.32 Å². The van der Waals surface area contributed by atoms with Gasteiger partial charge in [-0.2, -0.15) is 0 Å². The van der Waals surface area contributed by atoms with Gasteiger partial charge < -0.3 is 19.7 Å². The van der Waals surface area contributed by atoms with Crippen LogP contribution in [0.2, 0.25) is 0 Å². The molecule has 1 N–H and O–H groups in total. The third-order valence-electron chi connectivity index (χ3n) is 2.84. The van der Waals surface area contributed by atoms with E-state index in [-0.39, 0.29) is 0 Å². The van der Waals surface area contributed by atoms with Crippen molar-refractivity contribution in [3.05, 3.63) is 24.3 Å². The zero-order valence-corrected chi connectivity index (χ0v) is 11.6. The van der Waals surface area contributed by atoms with Crippen molar-refractivity contribution in [2.75, 3.05) is 52.4 Å². The molecule has 18 heavy (non-hydrogen) atoms. The molecule has 0 heterocycles. The predicted molar refractivity (Wildman–Crippen MR) is 75.6 cm³/mol. The van der Waals surface area contributed by atoms with E-state index in [1.165, 1.54) is 5.69 Å². The summed E-state index contributed by atoms with van der Waals surface area (Å²) >= 11 is 0. The van der Waals surface area contributed by atoms with Crippen LogP contribution < -0.4 is 15.0 Å². The molecule has 1 rings (SSSR count). The van der Waals surface area contributed by atoms with Crippen molar-refractivity contribution in [3.8, 4) is 5.75 Å². The molecule has 1 aromatic carbocycles. The summed E-state index contributed by atoms with van der Waals surface area (Å²) in [5.41, 5.74) is 1.22. The van der Waals surface area contributed by atoms with E-state index in [1.807, 2.05) is 12.1 Å². The lowest BCUT2D eigenvalue weighted by molar-refractivity contribution is 0.199. The Morgan fingerprint density at radius 1 is 1.11 bits per heavy atom. The first kappa shape index (κ1) is 14.8. The van der Waals surface area contributed by atoms with Crippen LogP contribution in [0.25, 0.3) is 0 Å². The molecule has 0 aliphatic rings. The molecule has 0 radical (unpaired) electrons. The van der Waals surface area contributed by atoms with Crippen molar-refractivity contribution in [1.29, 1.82) is 0 Å². The molecule has 0 saturated heterocycles. The molecule has 0 aliphatic carbocycles. The Morgan fingerprint density at radius 3 is 2.44 bits per heavy atom. The van der Waals surface area contributed by atoms with Gasteiger partial charge in [0, 0.05) is 32.9 Å². The fraction of sp³-hybridized carbons (Fsp3) is 0.571. The Hall–Kier alpha value is -1.26. The fourth-order valence-corrected chi connectivity index (χ4v) is 1.71. The molecule has 0 amide bonds. The van der Waals surface area contributed by atoms with Gasteiger partial charge in [-0.15, -0.1) is 0 Å². The largest absolute Gasteiger partial charge is 0.497 e. The predicted octanol–water partition coefficient (Wildman–Crippen LogP) is 1.76. The maximum Gasteiger partial charge on any atom is 0.119 e. The molecule has 4 nitrogen and oxygen atoms in total. The van der Waals surface area contributed by atoms with Crippen molar-refractivity contribution < 1.29 is 9.47 Å². The average molecular weight is 252 g/mol. The summed E-state index contributed by atoms with van der Waals surface area (Å²) in [5, 5.41) is 3.34. The summed E-state index contributed by atoms with van der Waals surface area (Å²) in [6.07, 6.45) is 1.12. The van der Waals surface area contributed by atoms with Gasteiger partial charge in [0.1, 0.15) is 5.75 Å². The highest BCUT2D eigenvalue weighted by molar-refractivity contribution is 5.48. The van der Waals surface area contributed by atoms with Crippen LogP contribution in [0.5, 0.6) is 5.75 Å². The number of rotatable bonds is 9. The lowest BCUT2D eigenvalue weighted by Gasteiger charge is -2.19. The van der Waals surface area contributed by atoms with Gasteiger partial charge in [-0.1, -0.05) is 0 Å². The second-order valence-corrected chi connectivity index (χ2v) is 4.22. The topological polar surface area (TPSA) is 33.7 Å². The molecule has 0 aromatic heterocycles. The SMILES string of the molecule is COCCNCCCN(C)c1ccc(OC)cc1. The van der Waals surface area contributed by atoms with E-state index in [9.17, 15) is 0 Å². The molecule has 1 aromatic rings. The molecule has 0 bridgehead atoms. The molecular weight excluding hydrogens is 228 g/mol. The fourth-order valence-electron chi connectivity index (χ4n) is 1.71. The van der Waals surface area contributed by atoms with Gasteiger partial charge in [-0.3, -0.25) is 0 Å². The summed E-state index contributed by atoms with van der Waals surface area (Å²) in [7, 11) is 5.51. The smallest absolute Gasteiger partial charge is 0.119 e. The molecule has 0 spiro atoms. The molecule has 102 valence electrons. The monoisotopic (exact) mass is 252 g/mol. The van der Waals surface area contributed by atoms with Crippen LogP contribution >= 0.6 is 0 Å². The first-order valence-electron chi connectivity index (χ1n) is 6.32. The van der Waals surface area contributed by atoms with Crippen LogP contribution in [-0.2, 0) is 4.74 Å². The molecule has 0 fully saturated rings. The molecule has 0 atom stereocenters. The van der Waals surface area contributed by atoms with Gasteiger partial charge in [0.2, 0.25) is 0 Å². The van der Waals surface area contributed by atoms with Crippen LogP contribution in [0.15, 0.2) is 24.3 Å². The van der Waals surface area contributed by atoms with Gasteiger partial charge in [-0.05, 0) is 37.2 Å². The highest BCUT2D eigenvalue weighted by Gasteiger charge is 2.00. The number of ether oxygens (including phenoxy) is 2. The normalized spacial score (nSPS) is 10.4. The van der Waals surface area contributed by atoms with E-state index in [1.54, 1.807) is 14.2 Å². The lowest BCUT2D eigenvalue weighted by Crippen LogP contribution is -2.25. The summed E-state index contributed by atoms with van der Waals surface area (Å²) < 4.78 is 10.1. The third-order valence-corrected chi connectivity index (χ3v) is 2.84. The lowest BCUT2D eigenvalue weighted by atomic mass is 10.2. The molecular formula is C14H24N2O2. The Bertz CT molecular complexity index is 314. The second-order valence-electron chi connectivity index (χ2n) is 4.22. The highest BCUT2D eigenvalue weighted by atomic mass is 16.5. The summed E-state index contributed by atoms with van der Waals surface area (Å²) in [5.74, 6) is 0.897. The van der Waals surface area contributed by atoms with Crippen molar-refractivity contribution in [3.63, 3.8) is 0 Å². The first-order valence-corrected chi connectivity index (χ1v) is 6.32. The Morgan fingerprint density at radius 2 is 1.83 bits per heavy atom. The minimum Gasteiger partial charge on any atom is -0.497 e. The number of nitrogens with one attached hydrogen (secondary N) is 1. The quantitative estimate of drug-likeness (QED) is 0.679. The van der Waals surface area contributed by atoms with Gasteiger partial charge in [-0.25, -0.2) is 0 Å². The number of methoxy groups -OCH3 is 2. The van der Waals surface area contributed by atoms with Gasteiger partial charge in [0.15, 0.2) is 0 Å². The van der Waals surface area contributed by atoms with Crippen LogP contribution in [0.4, 0.5) is 5.69 Å². The summed E-state index contributed by atoms with van der Waals surface area (Å²) in [4.78, 5) is 2.25. The van der Waals surface area contributed by atoms with Crippen LogP contribution in [0, 0.1) is 0 Å². The molecule has 0 aliphatic heterocycles. The third kappa shape index (κ3) is 5.38. The first-order chi connectivity index (χ1) is 8.77. The maximum absolute atomic E-state index is 5.14. The highest BCUT2D eigenvalue weighted by Crippen LogP contribution is 2.17. The summed E-state index contributed by atoms with van der Waals surface area (Å²) in [6, 6.07) is 8.14. The van der Waals surface area contributed by atoms with E-state index in [0.29, 0.717) is 0 Å². The number of hydrogen-bond acceptors (Lipinski definition) is 4. The zero-order chi connectivity index (χ0) is 13.2. The number of benzene rings is 1. The number of nitrogens with zero attached hydrogens (tertiary/aromatic N) is 1. The van der Waals surface area contributed by atoms with Crippen LogP contribution in [-0.4, -0.2) is 47.5 Å². The molecule has 0 unspecified atom stereocenters. The van der Waals surface area contributed by atoms with Crippen LogP contribution in [0.3, 0.4) is 0 Å². The minimum absolute atomic E-state index is 0.772. The average Bonchev–Trinajstić information content (AvgIpc) is 2.42. The van der Waals surface area contributed by atoms with Crippen LogP contribution in [0.1, 0.15) is 6.42 Å². The van der Waals surface area contributed by atoms with E-state index in [4.69, 9.17) is 9.47 Å². The molecule has 4 heteroatoms. The van der Waals surface area contributed by atoms with E-state index < -0.39 is 0 Å². The zero-order valence-electron chi connectivity index (χ0n) is 11.6. The second kappa shape index (κ2) is 8.78. The van der Waals surface area contributed by atoms with Crippen molar-refractivity contribution in [2.45, 2.75) is 6.42 Å². The minimum atomic E-state index is 0.772. The Labute approximate surface area is 110 Å². The van der Waals surface area contributed by atoms with Gasteiger partial charge in [0.05, 0.1) is 13.7 Å². The van der Waals surface area contributed by atoms with E-state index >= 15 is 0 Å². The van der Waals surface area contributed by atoms with E-state index in [0.717, 1.165) is 38.4 Å². The molecule has 0 saturated carbocycles. The summed E-state index contributed by atoms with van der Waals surface area (Å²) in [6.45, 7) is 3.74. The van der Waals surface area contributed by atoms with Gasteiger partial charge >= 0.3 is 0 Å². The number of hydrogen-bond donors (Lipinski definition) is 1. The van der Waals surface area contributed by atoms with Crippen molar-refractivity contribution >= 4 is 5.69 Å².